The van der Waals surface area contributed by atoms with E-state index in [2.05, 4.69) is 21.2 Å². The first-order valence-electron chi connectivity index (χ1n) is 6.47. The van der Waals surface area contributed by atoms with E-state index in [4.69, 9.17) is 10.5 Å². The van der Waals surface area contributed by atoms with Crippen LogP contribution in [-0.2, 0) is 4.79 Å². The summed E-state index contributed by atoms with van der Waals surface area (Å²) in [5, 5.41) is 3.15. The number of ether oxygens (including phenoxy) is 1. The average Bonchev–Trinajstić information content (AvgIpc) is 2.44. The Morgan fingerprint density at radius 2 is 2.05 bits per heavy atom. The highest BCUT2D eigenvalue weighted by Gasteiger charge is 2.18. The van der Waals surface area contributed by atoms with Crippen molar-refractivity contribution >= 4 is 27.5 Å². The summed E-state index contributed by atoms with van der Waals surface area (Å²) in [6, 6.07) is 12.6. The van der Waals surface area contributed by atoms with Crippen LogP contribution in [0.4, 0.5) is 5.69 Å². The fraction of sp³-hybridized carbons (Fsp3) is 0.188. The monoisotopic (exact) mass is 348 g/mol. The van der Waals surface area contributed by atoms with Crippen LogP contribution < -0.4 is 15.8 Å². The summed E-state index contributed by atoms with van der Waals surface area (Å²) in [6.45, 7) is 1.93. The molecule has 4 nitrogen and oxygen atoms in total. The van der Waals surface area contributed by atoms with Gasteiger partial charge >= 0.3 is 0 Å². The molecule has 1 amide bonds. The molecule has 0 fully saturated rings. The van der Waals surface area contributed by atoms with E-state index in [9.17, 15) is 4.79 Å². The van der Waals surface area contributed by atoms with Crippen LogP contribution >= 0.6 is 15.9 Å². The van der Waals surface area contributed by atoms with Gasteiger partial charge in [0.1, 0.15) is 11.8 Å². The molecule has 2 aromatic rings. The highest BCUT2D eigenvalue weighted by Crippen LogP contribution is 2.26. The number of nitrogens with one attached hydrogen (secondary N) is 1. The summed E-state index contributed by atoms with van der Waals surface area (Å²) in [4.78, 5) is 11.8. The van der Waals surface area contributed by atoms with Gasteiger partial charge in [-0.15, -0.1) is 0 Å². The Kier molecular flexibility index (Phi) is 4.85. The van der Waals surface area contributed by atoms with Gasteiger partial charge in [0.15, 0.2) is 0 Å². The molecule has 2 rings (SSSR count). The van der Waals surface area contributed by atoms with E-state index in [-0.39, 0.29) is 0 Å². The van der Waals surface area contributed by atoms with Gasteiger partial charge in [-0.2, -0.15) is 0 Å². The minimum atomic E-state index is -0.594. The number of halogens is 1. The minimum Gasteiger partial charge on any atom is -0.496 e. The molecule has 0 heterocycles. The number of carbonyl (C=O) groups excluding carboxylic acids is 1. The molecule has 0 spiro atoms. The van der Waals surface area contributed by atoms with Crippen molar-refractivity contribution in [3.8, 4) is 5.75 Å². The molecule has 1 atom stereocenters. The molecule has 3 N–H and O–H groups in total. The molecule has 0 saturated carbocycles. The third kappa shape index (κ3) is 3.76. The number of methoxy groups -OCH3 is 1. The summed E-state index contributed by atoms with van der Waals surface area (Å²) >= 11 is 3.40. The third-order valence-corrected chi connectivity index (χ3v) is 3.67. The van der Waals surface area contributed by atoms with E-state index < -0.39 is 11.9 Å². The van der Waals surface area contributed by atoms with Crippen molar-refractivity contribution in [2.45, 2.75) is 13.0 Å². The van der Waals surface area contributed by atoms with E-state index in [0.717, 1.165) is 27.0 Å². The molecule has 0 saturated heterocycles. The van der Waals surface area contributed by atoms with E-state index in [0.29, 0.717) is 0 Å². The lowest BCUT2D eigenvalue weighted by Gasteiger charge is -2.18. The second-order valence-corrected chi connectivity index (χ2v) is 5.63. The molecule has 0 aromatic heterocycles. The van der Waals surface area contributed by atoms with Gasteiger partial charge in [-0.05, 0) is 48.4 Å². The zero-order valence-corrected chi connectivity index (χ0v) is 13.5. The van der Waals surface area contributed by atoms with Crippen LogP contribution in [0.15, 0.2) is 46.9 Å². The Morgan fingerprint density at radius 1 is 1.29 bits per heavy atom. The number of hydrogen-bond donors (Lipinski definition) is 2. The number of rotatable bonds is 5. The van der Waals surface area contributed by atoms with E-state index in [1.54, 1.807) is 7.11 Å². The maximum atomic E-state index is 11.8. The summed E-state index contributed by atoms with van der Waals surface area (Å²) in [5.74, 6) is 0.351. The Balaban J connectivity index is 2.31. The lowest BCUT2D eigenvalue weighted by molar-refractivity contribution is -0.118. The number of amides is 1. The number of primary amides is 1. The number of benzene rings is 2. The van der Waals surface area contributed by atoms with Crippen molar-refractivity contribution in [2.24, 2.45) is 5.73 Å². The summed E-state index contributed by atoms with van der Waals surface area (Å²) < 4.78 is 6.16. The van der Waals surface area contributed by atoms with Crippen molar-refractivity contribution in [1.82, 2.24) is 0 Å². The standard InChI is InChI=1S/C16H17BrN2O2/c1-10-8-11(6-7-14(10)21-2)15(16(18)20)19-13-5-3-4-12(17)9-13/h3-9,15,19H,1-2H3,(H2,18,20). The molecule has 0 radical (unpaired) electrons. The summed E-state index contributed by atoms with van der Waals surface area (Å²) in [5.41, 5.74) is 8.11. The predicted octanol–water partition coefficient (Wildman–Crippen LogP) is 3.40. The second kappa shape index (κ2) is 6.63. The van der Waals surface area contributed by atoms with Crippen molar-refractivity contribution < 1.29 is 9.53 Å². The lowest BCUT2D eigenvalue weighted by atomic mass is 10.0. The van der Waals surface area contributed by atoms with Gasteiger partial charge in [-0.3, -0.25) is 4.79 Å². The third-order valence-electron chi connectivity index (χ3n) is 3.17. The molecule has 0 aliphatic rings. The smallest absolute Gasteiger partial charge is 0.244 e. The molecular formula is C16H17BrN2O2. The zero-order valence-electron chi connectivity index (χ0n) is 11.9. The van der Waals surface area contributed by atoms with E-state index in [1.807, 2.05) is 49.4 Å². The van der Waals surface area contributed by atoms with Gasteiger partial charge in [-0.1, -0.05) is 28.1 Å². The Hall–Kier alpha value is -2.01. The molecule has 5 heteroatoms. The van der Waals surface area contributed by atoms with Crippen LogP contribution in [0.2, 0.25) is 0 Å². The first-order valence-corrected chi connectivity index (χ1v) is 7.26. The number of carbonyl (C=O) groups is 1. The molecule has 1 unspecified atom stereocenters. The van der Waals surface area contributed by atoms with Crippen molar-refractivity contribution in [3.05, 3.63) is 58.1 Å². The number of nitrogens with two attached hydrogens (primary N) is 1. The van der Waals surface area contributed by atoms with Crippen LogP contribution in [0.1, 0.15) is 17.2 Å². The van der Waals surface area contributed by atoms with Gasteiger partial charge in [0.2, 0.25) is 5.91 Å². The average molecular weight is 349 g/mol. The summed E-state index contributed by atoms with van der Waals surface area (Å²) in [6.07, 6.45) is 0. The van der Waals surface area contributed by atoms with Gasteiger partial charge in [0, 0.05) is 10.2 Å². The SMILES string of the molecule is COc1ccc(C(Nc2cccc(Br)c2)C(N)=O)cc1C. The van der Waals surface area contributed by atoms with Crippen molar-refractivity contribution in [2.75, 3.05) is 12.4 Å². The molecule has 0 aliphatic carbocycles. The molecule has 21 heavy (non-hydrogen) atoms. The largest absolute Gasteiger partial charge is 0.496 e. The summed E-state index contributed by atoms with van der Waals surface area (Å²) in [7, 11) is 1.62. The van der Waals surface area contributed by atoms with E-state index >= 15 is 0 Å². The lowest BCUT2D eigenvalue weighted by Crippen LogP contribution is -2.27. The van der Waals surface area contributed by atoms with E-state index in [1.165, 1.54) is 0 Å². The first kappa shape index (κ1) is 15.4. The topological polar surface area (TPSA) is 64.3 Å². The molecular weight excluding hydrogens is 332 g/mol. The number of anilines is 1. The van der Waals surface area contributed by atoms with Gasteiger partial charge in [0.05, 0.1) is 7.11 Å². The molecule has 0 aliphatic heterocycles. The van der Waals surface area contributed by atoms with Gasteiger partial charge in [0.25, 0.3) is 0 Å². The van der Waals surface area contributed by atoms with Crippen LogP contribution in [0, 0.1) is 6.92 Å². The first-order chi connectivity index (χ1) is 10.0. The molecule has 2 aromatic carbocycles. The fourth-order valence-electron chi connectivity index (χ4n) is 2.14. The highest BCUT2D eigenvalue weighted by atomic mass is 79.9. The Labute approximate surface area is 132 Å². The van der Waals surface area contributed by atoms with Crippen LogP contribution in [0.25, 0.3) is 0 Å². The van der Waals surface area contributed by atoms with Crippen LogP contribution in [-0.4, -0.2) is 13.0 Å². The number of aryl methyl sites for hydroxylation is 1. The highest BCUT2D eigenvalue weighted by molar-refractivity contribution is 9.10. The zero-order chi connectivity index (χ0) is 15.4. The maximum Gasteiger partial charge on any atom is 0.244 e. The van der Waals surface area contributed by atoms with Crippen LogP contribution in [0.5, 0.6) is 5.75 Å². The maximum absolute atomic E-state index is 11.8. The van der Waals surface area contributed by atoms with Crippen molar-refractivity contribution in [3.63, 3.8) is 0 Å². The van der Waals surface area contributed by atoms with Gasteiger partial charge in [-0.25, -0.2) is 0 Å². The van der Waals surface area contributed by atoms with Crippen LogP contribution in [0.3, 0.4) is 0 Å². The Bertz CT molecular complexity index is 658. The van der Waals surface area contributed by atoms with Crippen molar-refractivity contribution in [1.29, 1.82) is 0 Å². The predicted molar refractivity (Wildman–Crippen MR) is 87.4 cm³/mol. The Morgan fingerprint density at radius 3 is 2.62 bits per heavy atom. The number of hydrogen-bond acceptors (Lipinski definition) is 3. The fourth-order valence-corrected chi connectivity index (χ4v) is 2.54. The molecule has 110 valence electrons. The molecule has 0 bridgehead atoms. The minimum absolute atomic E-state index is 0.431. The second-order valence-electron chi connectivity index (χ2n) is 4.72. The normalized spacial score (nSPS) is 11.8. The van der Waals surface area contributed by atoms with Gasteiger partial charge < -0.3 is 15.8 Å². The quantitative estimate of drug-likeness (QED) is 0.870.